The topological polar surface area (TPSA) is 26.7 Å². The second kappa shape index (κ2) is 7.65. The summed E-state index contributed by atoms with van der Waals surface area (Å²) in [6.45, 7) is 6.07. The Bertz CT molecular complexity index is 396. The fourth-order valence-electron chi connectivity index (χ4n) is 2.42. The van der Waals surface area contributed by atoms with Crippen LogP contribution in [-0.2, 0) is 19.5 Å². The predicted octanol–water partition coefficient (Wildman–Crippen LogP) is 3.10. The van der Waals surface area contributed by atoms with Gasteiger partial charge >= 0.3 is 0 Å². The number of benzene rings is 1. The van der Waals surface area contributed by atoms with E-state index in [0.717, 1.165) is 30.6 Å². The third-order valence-electron chi connectivity index (χ3n) is 3.58. The number of nitrogens with zero attached hydrogens (tertiary/aromatic N) is 2. The van der Waals surface area contributed by atoms with Crippen molar-refractivity contribution < 1.29 is 5.11 Å². The molecule has 1 aromatic carbocycles. The second-order valence-electron chi connectivity index (χ2n) is 6.46. The van der Waals surface area contributed by atoms with Crippen molar-refractivity contribution in [2.45, 2.75) is 39.8 Å². The summed E-state index contributed by atoms with van der Waals surface area (Å²) in [5.41, 5.74) is 3.41. The molecule has 1 aromatic rings. The van der Waals surface area contributed by atoms with E-state index in [2.05, 4.69) is 35.8 Å². The molecule has 0 bridgehead atoms. The third kappa shape index (κ3) is 5.14. The molecule has 0 aliphatic rings. The van der Waals surface area contributed by atoms with E-state index in [-0.39, 0.29) is 0 Å². The first-order valence-electron chi connectivity index (χ1n) is 7.46. The van der Waals surface area contributed by atoms with Crippen molar-refractivity contribution in [1.82, 2.24) is 9.80 Å². The lowest BCUT2D eigenvalue weighted by Crippen LogP contribution is -2.15. The number of aromatic hydroxyl groups is 1. The van der Waals surface area contributed by atoms with E-state index in [4.69, 9.17) is 0 Å². The number of phenols is 1. The van der Waals surface area contributed by atoms with E-state index in [0.29, 0.717) is 11.7 Å². The summed E-state index contributed by atoms with van der Waals surface area (Å²) in [5.74, 6) is 1.14. The maximum absolute atomic E-state index is 10.4. The molecule has 0 spiro atoms. The highest BCUT2D eigenvalue weighted by Crippen LogP contribution is 2.28. The highest BCUT2D eigenvalue weighted by molar-refractivity contribution is 5.44. The van der Waals surface area contributed by atoms with Crippen LogP contribution in [0.2, 0.25) is 0 Å². The van der Waals surface area contributed by atoms with Crippen molar-refractivity contribution in [2.75, 3.05) is 28.2 Å². The molecule has 1 N–H and O–H groups in total. The Morgan fingerprint density at radius 1 is 1.00 bits per heavy atom. The molecule has 3 nitrogen and oxygen atoms in total. The Kier molecular flexibility index (Phi) is 6.50. The molecule has 0 aromatic heterocycles. The molecule has 0 unspecified atom stereocenters. The van der Waals surface area contributed by atoms with Crippen LogP contribution in [0.15, 0.2) is 12.1 Å². The molecule has 20 heavy (non-hydrogen) atoms. The van der Waals surface area contributed by atoms with Crippen molar-refractivity contribution in [3.63, 3.8) is 0 Å². The van der Waals surface area contributed by atoms with E-state index >= 15 is 0 Å². The maximum atomic E-state index is 10.4. The minimum absolute atomic E-state index is 0.459. The minimum atomic E-state index is 0.459. The Balaban J connectivity index is 3.11. The average molecular weight is 278 g/mol. The van der Waals surface area contributed by atoms with Crippen LogP contribution in [0.3, 0.4) is 0 Å². The fourth-order valence-corrected chi connectivity index (χ4v) is 2.42. The zero-order valence-corrected chi connectivity index (χ0v) is 13.9. The molecule has 0 fully saturated rings. The monoisotopic (exact) mass is 278 g/mol. The van der Waals surface area contributed by atoms with Crippen molar-refractivity contribution >= 4 is 0 Å². The van der Waals surface area contributed by atoms with Gasteiger partial charge in [-0.25, -0.2) is 0 Å². The van der Waals surface area contributed by atoms with Crippen LogP contribution in [0, 0.1) is 5.92 Å². The van der Waals surface area contributed by atoms with Gasteiger partial charge in [0.1, 0.15) is 5.75 Å². The van der Waals surface area contributed by atoms with E-state index in [1.54, 1.807) is 0 Å². The number of hydrogen-bond donors (Lipinski definition) is 1. The number of phenolic OH excluding ortho intramolecular Hbond substituents is 1. The fraction of sp³-hybridized carbons (Fsp3) is 0.647. The standard InChI is InChI=1S/C17H30N2O/c1-7-13(2)8-14-9-15(11-18(3)4)17(20)16(10-14)12-19(5)6/h9-10,13,20H,7-8,11-12H2,1-6H3/t13-/m0/s1. The molecule has 0 saturated carbocycles. The van der Waals surface area contributed by atoms with Crippen molar-refractivity contribution in [3.8, 4) is 5.75 Å². The van der Waals surface area contributed by atoms with Gasteiger partial charge in [-0.2, -0.15) is 0 Å². The van der Waals surface area contributed by atoms with Crippen LogP contribution in [0.5, 0.6) is 5.75 Å². The molecular formula is C17H30N2O. The SMILES string of the molecule is CC[C@H](C)Cc1cc(CN(C)C)c(O)c(CN(C)C)c1. The molecule has 3 heteroatoms. The van der Waals surface area contributed by atoms with Crippen LogP contribution < -0.4 is 0 Å². The minimum Gasteiger partial charge on any atom is -0.507 e. The maximum Gasteiger partial charge on any atom is 0.124 e. The zero-order valence-electron chi connectivity index (χ0n) is 13.9. The molecular weight excluding hydrogens is 248 g/mol. The van der Waals surface area contributed by atoms with Gasteiger partial charge < -0.3 is 14.9 Å². The first-order chi connectivity index (χ1) is 9.33. The van der Waals surface area contributed by atoms with Gasteiger partial charge in [-0.1, -0.05) is 32.4 Å². The molecule has 0 saturated heterocycles. The summed E-state index contributed by atoms with van der Waals surface area (Å²) in [6.07, 6.45) is 2.27. The Morgan fingerprint density at radius 3 is 1.80 bits per heavy atom. The van der Waals surface area contributed by atoms with Crippen molar-refractivity contribution in [2.24, 2.45) is 5.92 Å². The van der Waals surface area contributed by atoms with Gasteiger partial charge in [-0.15, -0.1) is 0 Å². The Morgan fingerprint density at radius 2 is 1.45 bits per heavy atom. The highest BCUT2D eigenvalue weighted by Gasteiger charge is 2.13. The molecule has 1 rings (SSSR count). The van der Waals surface area contributed by atoms with E-state index in [9.17, 15) is 5.11 Å². The Labute approximate surface area is 124 Å². The zero-order chi connectivity index (χ0) is 15.3. The summed E-state index contributed by atoms with van der Waals surface area (Å²) in [4.78, 5) is 4.20. The summed E-state index contributed by atoms with van der Waals surface area (Å²) < 4.78 is 0. The summed E-state index contributed by atoms with van der Waals surface area (Å²) in [7, 11) is 8.14. The largest absolute Gasteiger partial charge is 0.507 e. The molecule has 0 aliphatic heterocycles. The van der Waals surface area contributed by atoms with Gasteiger partial charge in [0.05, 0.1) is 0 Å². The highest BCUT2D eigenvalue weighted by atomic mass is 16.3. The molecule has 0 amide bonds. The van der Waals surface area contributed by atoms with Crippen molar-refractivity contribution in [1.29, 1.82) is 0 Å². The normalized spacial score (nSPS) is 13.2. The number of hydrogen-bond acceptors (Lipinski definition) is 3. The smallest absolute Gasteiger partial charge is 0.124 e. The van der Waals surface area contributed by atoms with E-state index in [1.165, 1.54) is 12.0 Å². The molecule has 0 aliphatic carbocycles. The van der Waals surface area contributed by atoms with Crippen LogP contribution in [0.4, 0.5) is 0 Å². The number of rotatable bonds is 7. The molecule has 0 heterocycles. The van der Waals surface area contributed by atoms with E-state index in [1.807, 2.05) is 28.2 Å². The Hall–Kier alpha value is -1.06. The average Bonchev–Trinajstić information content (AvgIpc) is 2.33. The first kappa shape index (κ1) is 17.0. The second-order valence-corrected chi connectivity index (χ2v) is 6.46. The van der Waals surface area contributed by atoms with Gasteiger partial charge in [0.25, 0.3) is 0 Å². The van der Waals surface area contributed by atoms with Gasteiger partial charge in [0, 0.05) is 24.2 Å². The van der Waals surface area contributed by atoms with Gasteiger partial charge in [-0.3, -0.25) is 0 Å². The first-order valence-corrected chi connectivity index (χ1v) is 7.46. The van der Waals surface area contributed by atoms with Gasteiger partial charge in [-0.05, 0) is 46.1 Å². The van der Waals surface area contributed by atoms with Crippen LogP contribution >= 0.6 is 0 Å². The lowest BCUT2D eigenvalue weighted by Gasteiger charge is -2.19. The van der Waals surface area contributed by atoms with Crippen molar-refractivity contribution in [3.05, 3.63) is 28.8 Å². The summed E-state index contributed by atoms with van der Waals surface area (Å²) in [5, 5.41) is 10.4. The van der Waals surface area contributed by atoms with Crippen LogP contribution in [0.1, 0.15) is 37.0 Å². The predicted molar refractivity (Wildman–Crippen MR) is 86.0 cm³/mol. The third-order valence-corrected chi connectivity index (χ3v) is 3.58. The summed E-state index contributed by atoms with van der Waals surface area (Å²) in [6, 6.07) is 4.33. The molecule has 114 valence electrons. The van der Waals surface area contributed by atoms with E-state index < -0.39 is 0 Å². The quantitative estimate of drug-likeness (QED) is 0.830. The summed E-state index contributed by atoms with van der Waals surface area (Å²) >= 11 is 0. The molecule has 1 atom stereocenters. The lowest BCUT2D eigenvalue weighted by molar-refractivity contribution is 0.367. The lowest BCUT2D eigenvalue weighted by atomic mass is 9.94. The van der Waals surface area contributed by atoms with Gasteiger partial charge in [0.2, 0.25) is 0 Å². The van der Waals surface area contributed by atoms with Gasteiger partial charge in [0.15, 0.2) is 0 Å². The molecule has 0 radical (unpaired) electrons. The van der Waals surface area contributed by atoms with Crippen LogP contribution in [0.25, 0.3) is 0 Å². The van der Waals surface area contributed by atoms with Crippen LogP contribution in [-0.4, -0.2) is 43.1 Å².